The average Bonchev–Trinajstić information content (AvgIpc) is 0.878. The predicted octanol–water partition coefficient (Wildman–Crippen LogP) is 9.49. The number of ether oxygens (including phenoxy) is 6. The molecule has 11 rings (SSSR count). The van der Waals surface area contributed by atoms with Gasteiger partial charge in [0.25, 0.3) is 0 Å². The number of terminal acetylenes is 2. The summed E-state index contributed by atoms with van der Waals surface area (Å²) in [5, 5.41) is 8.93. The maximum absolute atomic E-state index is 12.2. The number of esters is 5. The second-order valence-electron chi connectivity index (χ2n) is 20.6. The van der Waals surface area contributed by atoms with Crippen LogP contribution in [0, 0.1) is 47.4 Å². The molecular formula is C74H85NaO15. The molecule has 0 saturated heterocycles. The third-order valence-corrected chi connectivity index (χ3v) is 15.3. The molecule has 4 saturated carbocycles. The van der Waals surface area contributed by atoms with E-state index >= 15 is 0 Å². The van der Waals surface area contributed by atoms with Crippen LogP contribution < -0.4 is 40.3 Å². The first kappa shape index (κ1) is 77.9. The SMILES string of the molecule is C#CC#CC#C.CC(=O)c1ccccc1.CCOC(=O)C12C=CC(c3ccccc3)(CC1)CC2.CCOC(=O)C12CCC(c3ccccc3)(CC1)CC2.CCOC(=O)c1ccc(-c2ccccc2)oc1=O.CCOC=C(C(=O)OCC)C(=O)OCC.CC[O-].[Na+]. The number of benzene rings is 4. The van der Waals surface area contributed by atoms with Gasteiger partial charge in [0.1, 0.15) is 17.6 Å². The quantitative estimate of drug-likeness (QED) is 0.00860. The summed E-state index contributed by atoms with van der Waals surface area (Å²) in [6, 6.07) is 42.9. The van der Waals surface area contributed by atoms with Crippen molar-refractivity contribution in [1.82, 2.24) is 0 Å². The molecule has 90 heavy (non-hydrogen) atoms. The van der Waals surface area contributed by atoms with Gasteiger partial charge in [-0.3, -0.25) is 14.4 Å². The Labute approximate surface area is 554 Å². The molecule has 0 atom stereocenters. The van der Waals surface area contributed by atoms with Crippen LogP contribution in [-0.4, -0.2) is 81.9 Å². The molecule has 1 heterocycles. The molecule has 6 aliphatic rings. The van der Waals surface area contributed by atoms with Gasteiger partial charge in [0.2, 0.25) is 0 Å². The van der Waals surface area contributed by atoms with Crippen LogP contribution in [0.5, 0.6) is 0 Å². The van der Waals surface area contributed by atoms with Crippen molar-refractivity contribution in [3.63, 3.8) is 0 Å². The van der Waals surface area contributed by atoms with E-state index in [0.717, 1.165) is 81.6 Å². The molecule has 4 bridgehead atoms. The van der Waals surface area contributed by atoms with Crippen LogP contribution in [0.2, 0.25) is 0 Å². The normalized spacial score (nSPS) is 18.6. The van der Waals surface area contributed by atoms with Crippen LogP contribution in [0.3, 0.4) is 0 Å². The summed E-state index contributed by atoms with van der Waals surface area (Å²) >= 11 is 0. The third-order valence-electron chi connectivity index (χ3n) is 15.3. The minimum absolute atomic E-state index is 0. The Morgan fingerprint density at radius 3 is 1.38 bits per heavy atom. The Balaban J connectivity index is 0.000000375. The monoisotopic (exact) mass is 1240 g/mol. The number of fused-ring (bicyclic) bond motifs is 5. The first-order chi connectivity index (χ1) is 42.9. The van der Waals surface area contributed by atoms with Crippen molar-refractivity contribution in [2.75, 3.05) is 46.2 Å². The minimum atomic E-state index is -0.732. The Kier molecular flexibility index (Phi) is 36.2. The fourth-order valence-electron chi connectivity index (χ4n) is 10.5. The van der Waals surface area contributed by atoms with E-state index < -0.39 is 23.5 Å². The van der Waals surface area contributed by atoms with Crippen LogP contribution in [0.15, 0.2) is 167 Å². The molecule has 16 heteroatoms. The van der Waals surface area contributed by atoms with Gasteiger partial charge in [-0.15, -0.1) is 19.5 Å². The van der Waals surface area contributed by atoms with Gasteiger partial charge in [0, 0.05) is 16.5 Å². The van der Waals surface area contributed by atoms with Crippen molar-refractivity contribution < 1.29 is 96.3 Å². The van der Waals surface area contributed by atoms with E-state index in [1.807, 2.05) is 74.5 Å². The van der Waals surface area contributed by atoms with Crippen molar-refractivity contribution in [3.8, 4) is 47.9 Å². The van der Waals surface area contributed by atoms with Gasteiger partial charge >= 0.3 is 65.0 Å². The summed E-state index contributed by atoms with van der Waals surface area (Å²) in [6.07, 6.45) is 25.2. The minimum Gasteiger partial charge on any atom is -0.855 e. The molecule has 472 valence electrons. The summed E-state index contributed by atoms with van der Waals surface area (Å²) < 4.78 is 34.6. The van der Waals surface area contributed by atoms with Gasteiger partial charge in [-0.05, 0) is 165 Å². The molecule has 4 aromatic carbocycles. The van der Waals surface area contributed by atoms with Crippen molar-refractivity contribution >= 4 is 35.6 Å². The predicted molar refractivity (Wildman–Crippen MR) is 341 cm³/mol. The van der Waals surface area contributed by atoms with Crippen LogP contribution in [0.4, 0.5) is 0 Å². The molecule has 15 nitrogen and oxygen atoms in total. The van der Waals surface area contributed by atoms with Gasteiger partial charge in [-0.25, -0.2) is 19.2 Å². The summed E-state index contributed by atoms with van der Waals surface area (Å²) in [7, 11) is 0. The van der Waals surface area contributed by atoms with Crippen molar-refractivity contribution in [3.05, 3.63) is 190 Å². The van der Waals surface area contributed by atoms with Crippen molar-refractivity contribution in [2.24, 2.45) is 10.8 Å². The maximum atomic E-state index is 12.2. The number of ketones is 1. The van der Waals surface area contributed by atoms with Crippen molar-refractivity contribution in [2.45, 2.75) is 130 Å². The Morgan fingerprint density at radius 2 is 0.978 bits per heavy atom. The topological polar surface area (TPSA) is 211 Å². The Hall–Kier alpha value is -8.23. The molecule has 0 spiro atoms. The second kappa shape index (κ2) is 41.9. The third kappa shape index (κ3) is 23.6. The fourth-order valence-corrected chi connectivity index (χ4v) is 10.5. The molecule has 0 unspecified atom stereocenters. The number of Topliss-reactive ketones (excluding diaryl/α,β-unsaturated/α-hetero) is 1. The van der Waals surface area contributed by atoms with Gasteiger partial charge in [-0.2, -0.15) is 0 Å². The van der Waals surface area contributed by atoms with E-state index in [2.05, 4.69) is 106 Å². The first-order valence-corrected chi connectivity index (χ1v) is 30.2. The molecule has 0 radical (unpaired) electrons. The van der Waals surface area contributed by atoms with E-state index in [0.29, 0.717) is 31.0 Å². The van der Waals surface area contributed by atoms with Gasteiger partial charge < -0.3 is 37.9 Å². The smallest absolute Gasteiger partial charge is 0.855 e. The Bertz CT molecular complexity index is 3220. The molecule has 0 N–H and O–H groups in total. The van der Waals surface area contributed by atoms with Gasteiger partial charge in [0.15, 0.2) is 11.4 Å². The van der Waals surface area contributed by atoms with Crippen LogP contribution >= 0.6 is 0 Å². The second-order valence-corrected chi connectivity index (χ2v) is 20.6. The van der Waals surface area contributed by atoms with E-state index in [1.165, 1.54) is 17.2 Å². The average molecular weight is 1240 g/mol. The van der Waals surface area contributed by atoms with E-state index in [4.69, 9.17) is 41.3 Å². The number of hydrogen-bond acceptors (Lipinski definition) is 15. The number of carbonyl (C=O) groups excluding carboxylic acids is 6. The summed E-state index contributed by atoms with van der Waals surface area (Å²) in [4.78, 5) is 80.7. The van der Waals surface area contributed by atoms with Crippen LogP contribution in [-0.2, 0) is 58.4 Å². The summed E-state index contributed by atoms with van der Waals surface area (Å²) in [5.41, 5.74) is 3.38. The molecule has 0 aliphatic heterocycles. The number of rotatable bonds is 16. The zero-order valence-electron chi connectivity index (χ0n) is 53.7. The van der Waals surface area contributed by atoms with Crippen LogP contribution in [0.1, 0.15) is 151 Å². The van der Waals surface area contributed by atoms with Crippen LogP contribution in [0.25, 0.3) is 11.3 Å². The molecule has 1 aromatic heterocycles. The van der Waals surface area contributed by atoms with Gasteiger partial charge in [-0.1, -0.05) is 140 Å². The largest absolute Gasteiger partial charge is 1.00 e. The van der Waals surface area contributed by atoms with E-state index in [9.17, 15) is 33.6 Å². The molecule has 6 aliphatic carbocycles. The summed E-state index contributed by atoms with van der Waals surface area (Å²) in [6.45, 7) is 15.6. The molecule has 0 amide bonds. The standard InChI is InChI=1S/C17H22O2.C17H20O2.C14H12O4.C10H16O5.C8H8O.C6H2.C2H5O.Na/c2*1-2-19-15(18)17-11-8-16(9-12-17,10-13-17)14-6-4-3-5-7-14;1-2-17-13(15)11-8-9-12(18-14(11)16)10-6-4-3-5-7-10;1-4-13-7-8(9(11)14-5-2)10(12)15-6-3;1-7(9)8-5-3-2-4-6-8;1-3-5-6-4-2;1-2-3;/h3-7H,2,8-13H2,1H3;3-8,11H,2,9-10,12-13H2,1H3;3-9H,2H2,1H3;7H,4-6H2,1-3H3;2-6H,1H3;1-2H;2H2,1H3;/q;;;;;;-1;+1. The molecular weight excluding hydrogens is 1150 g/mol. The zero-order valence-corrected chi connectivity index (χ0v) is 55.7. The van der Waals surface area contributed by atoms with E-state index in [-0.39, 0.29) is 101 Å². The van der Waals surface area contributed by atoms with Gasteiger partial charge in [0.05, 0.1) is 50.5 Å². The fraction of sp³-hybridized carbons (Fsp3) is 0.392. The summed E-state index contributed by atoms with van der Waals surface area (Å²) in [5.74, 6) is 7.05. The number of carbonyl (C=O) groups is 6. The maximum Gasteiger partial charge on any atom is 1.00 e. The number of hydrogen-bond donors (Lipinski definition) is 0. The van der Waals surface area contributed by atoms with Crippen molar-refractivity contribution in [1.29, 1.82) is 0 Å². The van der Waals surface area contributed by atoms with E-state index in [1.54, 1.807) is 47.6 Å². The number of allylic oxidation sites excluding steroid dienone is 1. The first-order valence-electron chi connectivity index (χ1n) is 30.2. The Morgan fingerprint density at radius 1 is 0.533 bits per heavy atom. The molecule has 5 aromatic rings. The molecule has 4 fully saturated rings. The zero-order chi connectivity index (χ0) is 65.6.